The van der Waals surface area contributed by atoms with Gasteiger partial charge >= 0.3 is 0 Å². The minimum Gasteiger partial charge on any atom is -0.504 e. The zero-order chi connectivity index (χ0) is 13.7. The maximum absolute atomic E-state index is 10.9. The number of halogens is 1. The van der Waals surface area contributed by atoms with Crippen molar-refractivity contribution in [3.05, 3.63) is 23.3 Å². The third kappa shape index (κ3) is 3.13. The van der Waals surface area contributed by atoms with E-state index in [0.717, 1.165) is 0 Å². The van der Waals surface area contributed by atoms with Crippen LogP contribution in [-0.2, 0) is 0 Å². The van der Waals surface area contributed by atoms with Crippen molar-refractivity contribution in [1.82, 2.24) is 0 Å². The summed E-state index contributed by atoms with van der Waals surface area (Å²) in [7, 11) is 1.35. The number of carbonyl (C=O) groups excluding carboxylic acids is 1. The molecule has 0 aliphatic heterocycles. The number of alkyl halides is 1. The molecule has 1 aromatic carbocycles. The maximum Gasteiger partial charge on any atom is 0.160 e. The predicted octanol–water partition coefficient (Wildman–Crippen LogP) is 1.24. The Balaban J connectivity index is 3.16. The van der Waals surface area contributed by atoms with Crippen molar-refractivity contribution < 1.29 is 24.9 Å². The Morgan fingerprint density at radius 1 is 1.44 bits per heavy atom. The minimum absolute atomic E-state index is 0.0921. The summed E-state index contributed by atoms with van der Waals surface area (Å²) in [5.74, 6) is 0.0965. The van der Waals surface area contributed by atoms with Crippen molar-refractivity contribution in [2.75, 3.05) is 13.0 Å². The zero-order valence-corrected chi connectivity index (χ0v) is 10.6. The van der Waals surface area contributed by atoms with E-state index in [4.69, 9.17) is 16.3 Å². The molecule has 0 saturated carbocycles. The number of ether oxygens (including phenoxy) is 1. The van der Waals surface area contributed by atoms with Gasteiger partial charge < -0.3 is 20.1 Å². The van der Waals surface area contributed by atoms with Crippen molar-refractivity contribution in [1.29, 1.82) is 0 Å². The second-order valence-corrected chi connectivity index (χ2v) is 4.14. The smallest absolute Gasteiger partial charge is 0.160 e. The van der Waals surface area contributed by atoms with E-state index in [2.05, 4.69) is 0 Å². The van der Waals surface area contributed by atoms with Gasteiger partial charge in [0.2, 0.25) is 0 Å². The molecule has 0 radical (unpaired) electrons. The molecule has 0 bridgehead atoms. The molecule has 0 aliphatic carbocycles. The summed E-state index contributed by atoms with van der Waals surface area (Å²) in [5, 5.41) is 29.1. The molecule has 5 nitrogen and oxygen atoms in total. The molecule has 1 rings (SSSR count). The molecule has 0 fully saturated rings. The van der Waals surface area contributed by atoms with Crippen LogP contribution >= 0.6 is 11.6 Å². The van der Waals surface area contributed by atoms with Crippen molar-refractivity contribution in [3.8, 4) is 11.5 Å². The van der Waals surface area contributed by atoms with Crippen LogP contribution in [0.25, 0.3) is 0 Å². The Kier molecular flexibility index (Phi) is 5.40. The minimum atomic E-state index is -1.27. The predicted molar refractivity (Wildman–Crippen MR) is 66.3 cm³/mol. The first-order valence-electron chi connectivity index (χ1n) is 5.33. The third-order valence-corrected chi connectivity index (χ3v) is 2.82. The number of hydrogen-bond acceptors (Lipinski definition) is 5. The first kappa shape index (κ1) is 14.8. The summed E-state index contributed by atoms with van der Waals surface area (Å²) in [5.41, 5.74) is 0.284. The van der Waals surface area contributed by atoms with E-state index in [1.165, 1.54) is 19.2 Å². The van der Waals surface area contributed by atoms with Gasteiger partial charge in [-0.05, 0) is 24.1 Å². The van der Waals surface area contributed by atoms with E-state index in [1.54, 1.807) is 0 Å². The fourth-order valence-corrected chi connectivity index (χ4v) is 1.82. The molecule has 1 aromatic rings. The highest BCUT2D eigenvalue weighted by Crippen LogP contribution is 2.33. The molecule has 0 amide bonds. The molecule has 2 atom stereocenters. The Morgan fingerprint density at radius 2 is 2.11 bits per heavy atom. The van der Waals surface area contributed by atoms with Gasteiger partial charge in [-0.25, -0.2) is 0 Å². The summed E-state index contributed by atoms with van der Waals surface area (Å²) in [4.78, 5) is 10.9. The van der Waals surface area contributed by atoms with Crippen LogP contribution in [0.2, 0.25) is 0 Å². The normalized spacial score (nSPS) is 14.0. The molecule has 0 heterocycles. The van der Waals surface area contributed by atoms with E-state index >= 15 is 0 Å². The van der Waals surface area contributed by atoms with E-state index in [0.29, 0.717) is 6.29 Å². The van der Waals surface area contributed by atoms with Crippen LogP contribution in [0.4, 0.5) is 0 Å². The number of aldehydes is 1. The first-order chi connectivity index (χ1) is 8.54. The number of aromatic hydroxyl groups is 1. The molecular formula is C12H15ClO5. The lowest BCUT2D eigenvalue weighted by atomic mass is 9.97. The van der Waals surface area contributed by atoms with Crippen molar-refractivity contribution in [3.63, 3.8) is 0 Å². The topological polar surface area (TPSA) is 87.0 Å². The van der Waals surface area contributed by atoms with Crippen molar-refractivity contribution in [2.24, 2.45) is 0 Å². The molecule has 0 saturated heterocycles. The SMILES string of the molecule is COc1cc(C(O)C(O)CCCl)c(C=O)cc1O. The molecule has 0 aromatic heterocycles. The molecule has 3 N–H and O–H groups in total. The van der Waals surface area contributed by atoms with Gasteiger partial charge in [0.15, 0.2) is 17.8 Å². The largest absolute Gasteiger partial charge is 0.504 e. The van der Waals surface area contributed by atoms with Gasteiger partial charge in [-0.3, -0.25) is 4.79 Å². The van der Waals surface area contributed by atoms with E-state index < -0.39 is 12.2 Å². The van der Waals surface area contributed by atoms with Crippen LogP contribution in [0.1, 0.15) is 28.4 Å². The highest BCUT2D eigenvalue weighted by Gasteiger charge is 2.22. The Morgan fingerprint density at radius 3 is 2.61 bits per heavy atom. The summed E-state index contributed by atoms with van der Waals surface area (Å²) in [6.45, 7) is 0. The standard InChI is InChI=1S/C12H15ClO5/c1-18-11-5-8(7(6-14)4-10(11)16)12(17)9(15)2-3-13/h4-6,9,12,15-17H,2-3H2,1H3. The molecular weight excluding hydrogens is 260 g/mol. The quantitative estimate of drug-likeness (QED) is 0.537. The number of hydrogen-bond donors (Lipinski definition) is 3. The Bertz CT molecular complexity index is 421. The number of aliphatic hydroxyl groups is 2. The average molecular weight is 275 g/mol. The number of methoxy groups -OCH3 is 1. The lowest BCUT2D eigenvalue weighted by molar-refractivity contribution is 0.0165. The van der Waals surface area contributed by atoms with Gasteiger partial charge in [-0.2, -0.15) is 0 Å². The van der Waals surface area contributed by atoms with E-state index in [9.17, 15) is 20.1 Å². The molecule has 100 valence electrons. The van der Waals surface area contributed by atoms with E-state index in [1.807, 2.05) is 0 Å². The summed E-state index contributed by atoms with van der Waals surface area (Å²) in [6, 6.07) is 2.50. The lowest BCUT2D eigenvalue weighted by Gasteiger charge is -2.19. The fraction of sp³-hybridized carbons (Fsp3) is 0.417. The average Bonchev–Trinajstić information content (AvgIpc) is 2.37. The highest BCUT2D eigenvalue weighted by molar-refractivity contribution is 6.17. The van der Waals surface area contributed by atoms with Gasteiger partial charge in [0.1, 0.15) is 6.10 Å². The summed E-state index contributed by atoms with van der Waals surface area (Å²) >= 11 is 5.48. The second kappa shape index (κ2) is 6.58. The highest BCUT2D eigenvalue weighted by atomic mass is 35.5. The van der Waals surface area contributed by atoms with Gasteiger partial charge in [-0.15, -0.1) is 11.6 Å². The van der Waals surface area contributed by atoms with Crippen LogP contribution in [0.15, 0.2) is 12.1 Å². The van der Waals surface area contributed by atoms with Crippen LogP contribution in [-0.4, -0.2) is 40.7 Å². The first-order valence-corrected chi connectivity index (χ1v) is 5.86. The number of aliphatic hydroxyl groups excluding tert-OH is 2. The number of phenols is 1. The Labute approximate surface area is 110 Å². The molecule has 0 spiro atoms. The van der Waals surface area contributed by atoms with Crippen LogP contribution < -0.4 is 4.74 Å². The van der Waals surface area contributed by atoms with Gasteiger partial charge in [0.25, 0.3) is 0 Å². The number of rotatable bonds is 6. The van der Waals surface area contributed by atoms with Crippen LogP contribution in [0, 0.1) is 0 Å². The van der Waals surface area contributed by atoms with Gasteiger partial charge in [-0.1, -0.05) is 0 Å². The fourth-order valence-electron chi connectivity index (χ4n) is 1.60. The summed E-state index contributed by atoms with van der Waals surface area (Å²) in [6.07, 6.45) is -1.68. The number of benzene rings is 1. The number of carbonyl (C=O) groups is 1. The van der Waals surface area contributed by atoms with Gasteiger partial charge in [0.05, 0.1) is 13.2 Å². The van der Waals surface area contributed by atoms with Crippen molar-refractivity contribution >= 4 is 17.9 Å². The molecule has 2 unspecified atom stereocenters. The third-order valence-electron chi connectivity index (χ3n) is 2.60. The zero-order valence-electron chi connectivity index (χ0n) is 9.84. The maximum atomic E-state index is 10.9. The Hall–Kier alpha value is -1.30. The molecule has 0 aliphatic rings. The molecule has 18 heavy (non-hydrogen) atoms. The van der Waals surface area contributed by atoms with Gasteiger partial charge in [0, 0.05) is 11.4 Å². The van der Waals surface area contributed by atoms with E-state index in [-0.39, 0.29) is 34.9 Å². The van der Waals surface area contributed by atoms with Crippen LogP contribution in [0.5, 0.6) is 11.5 Å². The number of phenolic OH excluding ortho intramolecular Hbond substituents is 1. The van der Waals surface area contributed by atoms with Crippen molar-refractivity contribution in [2.45, 2.75) is 18.6 Å². The molecule has 6 heteroatoms. The monoisotopic (exact) mass is 274 g/mol. The van der Waals surface area contributed by atoms with Crippen LogP contribution in [0.3, 0.4) is 0 Å². The second-order valence-electron chi connectivity index (χ2n) is 3.76. The lowest BCUT2D eigenvalue weighted by Crippen LogP contribution is -2.20. The summed E-state index contributed by atoms with van der Waals surface area (Å²) < 4.78 is 4.89.